The molecule has 0 amide bonds. The minimum absolute atomic E-state index is 0.251. The van der Waals surface area contributed by atoms with Gasteiger partial charge in [-0.05, 0) is 42.9 Å². The van der Waals surface area contributed by atoms with Crippen LogP contribution in [0.25, 0.3) is 0 Å². The largest absolute Gasteiger partial charge is 0.494 e. The topological polar surface area (TPSA) is 85.5 Å². The first-order chi connectivity index (χ1) is 13.7. The highest BCUT2D eigenvalue weighted by atomic mass is 35.5. The molecule has 1 aromatic carbocycles. The highest BCUT2D eigenvalue weighted by Crippen LogP contribution is 2.37. The number of hydrogen-bond donors (Lipinski definition) is 2. The van der Waals surface area contributed by atoms with Crippen LogP contribution >= 0.6 is 11.6 Å². The van der Waals surface area contributed by atoms with Gasteiger partial charge >= 0.3 is 0 Å². The molecule has 1 saturated heterocycles. The van der Waals surface area contributed by atoms with Crippen LogP contribution in [0.5, 0.6) is 5.75 Å². The lowest BCUT2D eigenvalue weighted by Crippen LogP contribution is -2.43. The molecule has 1 aliphatic carbocycles. The zero-order valence-corrected chi connectivity index (χ0v) is 16.8. The van der Waals surface area contributed by atoms with E-state index in [0.717, 1.165) is 57.0 Å². The van der Waals surface area contributed by atoms with Crippen LogP contribution < -0.4 is 15.8 Å². The van der Waals surface area contributed by atoms with Crippen molar-refractivity contribution in [2.45, 2.75) is 31.7 Å². The number of morpholine rings is 1. The third-order valence-electron chi connectivity index (χ3n) is 5.62. The molecule has 1 fully saturated rings. The number of nitrogen functional groups attached to an aromatic ring is 1. The smallest absolute Gasteiger partial charge is 0.229 e. The minimum Gasteiger partial charge on any atom is -0.494 e. The second-order valence-corrected chi connectivity index (χ2v) is 7.62. The molecule has 0 bridgehead atoms. The van der Waals surface area contributed by atoms with E-state index in [1.807, 2.05) is 6.07 Å². The SMILES string of the molecule is COc1c(Nc2ncc(Cl)c(N)n2)ccc2c1CC[C@@H](N1CCOCC1)CC2. The number of ether oxygens (including phenoxy) is 2. The van der Waals surface area contributed by atoms with Crippen LogP contribution in [-0.2, 0) is 17.6 Å². The highest BCUT2D eigenvalue weighted by Gasteiger charge is 2.26. The van der Waals surface area contributed by atoms with Crippen LogP contribution in [0.4, 0.5) is 17.5 Å². The maximum absolute atomic E-state index is 5.92. The molecule has 2 heterocycles. The number of nitrogens with one attached hydrogen (secondary N) is 1. The molecular weight excluding hydrogens is 378 g/mol. The van der Waals surface area contributed by atoms with Crippen LogP contribution in [0.1, 0.15) is 24.0 Å². The quantitative estimate of drug-likeness (QED) is 0.759. The van der Waals surface area contributed by atoms with Crippen molar-refractivity contribution in [1.82, 2.24) is 14.9 Å². The standard InChI is InChI=1S/C20H26ClN5O2/c1-27-18-15-6-5-14(26-8-10-28-11-9-26)4-2-13(15)3-7-17(18)24-20-23-12-16(21)19(22)25-20/h3,7,12,14H,2,4-6,8-11H2,1H3,(H3,22,23,24,25)/t14-/m0/s1. The lowest BCUT2D eigenvalue weighted by atomic mass is 10.0. The Kier molecular flexibility index (Phi) is 5.85. The van der Waals surface area contributed by atoms with Crippen molar-refractivity contribution >= 4 is 29.1 Å². The summed E-state index contributed by atoms with van der Waals surface area (Å²) >= 11 is 5.92. The van der Waals surface area contributed by atoms with Crippen LogP contribution in [0.3, 0.4) is 0 Å². The van der Waals surface area contributed by atoms with Gasteiger partial charge in [-0.2, -0.15) is 4.98 Å². The summed E-state index contributed by atoms with van der Waals surface area (Å²) in [5.74, 6) is 1.51. The molecule has 3 N–H and O–H groups in total. The average molecular weight is 404 g/mol. The fourth-order valence-corrected chi connectivity index (χ4v) is 4.25. The van der Waals surface area contributed by atoms with Gasteiger partial charge in [-0.3, -0.25) is 4.90 Å². The van der Waals surface area contributed by atoms with E-state index in [4.69, 9.17) is 26.8 Å². The van der Waals surface area contributed by atoms with E-state index >= 15 is 0 Å². The first-order valence-electron chi connectivity index (χ1n) is 9.71. The average Bonchev–Trinajstić information content (AvgIpc) is 2.94. The van der Waals surface area contributed by atoms with E-state index in [9.17, 15) is 0 Å². The van der Waals surface area contributed by atoms with Crippen molar-refractivity contribution in [3.05, 3.63) is 34.5 Å². The van der Waals surface area contributed by atoms with Gasteiger partial charge in [0.25, 0.3) is 0 Å². The summed E-state index contributed by atoms with van der Waals surface area (Å²) < 4.78 is 11.3. The fraction of sp³-hybridized carbons (Fsp3) is 0.500. The van der Waals surface area contributed by atoms with E-state index in [0.29, 0.717) is 17.0 Å². The second kappa shape index (κ2) is 8.51. The molecule has 4 rings (SSSR count). The first kappa shape index (κ1) is 19.2. The Bertz CT molecular complexity index is 842. The molecule has 2 aliphatic rings. The van der Waals surface area contributed by atoms with Crippen LogP contribution in [-0.4, -0.2) is 54.3 Å². The molecular formula is C20H26ClN5O2. The Balaban J connectivity index is 1.56. The normalized spacial score (nSPS) is 20.3. The van der Waals surface area contributed by atoms with Gasteiger partial charge in [-0.15, -0.1) is 0 Å². The molecule has 150 valence electrons. The van der Waals surface area contributed by atoms with Gasteiger partial charge in [0, 0.05) is 19.1 Å². The number of nitrogens with two attached hydrogens (primary N) is 1. The Morgan fingerprint density at radius 1 is 1.25 bits per heavy atom. The monoisotopic (exact) mass is 403 g/mol. The van der Waals surface area contributed by atoms with Gasteiger partial charge in [0.2, 0.25) is 5.95 Å². The minimum atomic E-state index is 0.251. The summed E-state index contributed by atoms with van der Waals surface area (Å²) in [5.41, 5.74) is 9.26. The van der Waals surface area contributed by atoms with E-state index in [1.54, 1.807) is 7.11 Å². The Labute approximate surface area is 170 Å². The van der Waals surface area contributed by atoms with Gasteiger partial charge in [-0.25, -0.2) is 4.98 Å². The number of aromatic nitrogens is 2. The van der Waals surface area contributed by atoms with E-state index in [-0.39, 0.29) is 5.82 Å². The summed E-state index contributed by atoms with van der Waals surface area (Å²) in [6, 6.07) is 4.80. The Morgan fingerprint density at radius 2 is 2.04 bits per heavy atom. The van der Waals surface area contributed by atoms with Crippen molar-refractivity contribution < 1.29 is 9.47 Å². The van der Waals surface area contributed by atoms with Gasteiger partial charge in [-0.1, -0.05) is 17.7 Å². The molecule has 1 atom stereocenters. The number of fused-ring (bicyclic) bond motifs is 1. The van der Waals surface area contributed by atoms with Crippen molar-refractivity contribution in [3.63, 3.8) is 0 Å². The number of anilines is 3. The van der Waals surface area contributed by atoms with Gasteiger partial charge in [0.1, 0.15) is 16.6 Å². The zero-order chi connectivity index (χ0) is 19.5. The van der Waals surface area contributed by atoms with E-state index < -0.39 is 0 Å². The molecule has 1 aliphatic heterocycles. The molecule has 28 heavy (non-hydrogen) atoms. The Morgan fingerprint density at radius 3 is 2.79 bits per heavy atom. The molecule has 1 aromatic heterocycles. The maximum atomic E-state index is 5.92. The van der Waals surface area contributed by atoms with Crippen molar-refractivity contribution in [3.8, 4) is 5.75 Å². The summed E-state index contributed by atoms with van der Waals surface area (Å²) in [7, 11) is 1.71. The number of aryl methyl sites for hydroxylation is 1. The zero-order valence-electron chi connectivity index (χ0n) is 16.1. The third kappa shape index (κ3) is 4.01. The third-order valence-corrected chi connectivity index (χ3v) is 5.91. The number of benzene rings is 1. The van der Waals surface area contributed by atoms with Crippen LogP contribution in [0, 0.1) is 0 Å². The lowest BCUT2D eigenvalue weighted by Gasteiger charge is -2.34. The van der Waals surface area contributed by atoms with Gasteiger partial charge < -0.3 is 20.5 Å². The van der Waals surface area contributed by atoms with Crippen molar-refractivity contribution in [2.24, 2.45) is 0 Å². The molecule has 7 nitrogen and oxygen atoms in total. The van der Waals surface area contributed by atoms with Gasteiger partial charge in [0.15, 0.2) is 0 Å². The van der Waals surface area contributed by atoms with Crippen LogP contribution in [0.2, 0.25) is 5.02 Å². The molecule has 0 saturated carbocycles. The number of hydrogen-bond acceptors (Lipinski definition) is 7. The number of nitrogens with zero attached hydrogens (tertiary/aromatic N) is 3. The van der Waals surface area contributed by atoms with Gasteiger partial charge in [0.05, 0.1) is 32.2 Å². The maximum Gasteiger partial charge on any atom is 0.229 e. The fourth-order valence-electron chi connectivity index (χ4n) is 4.15. The van der Waals surface area contributed by atoms with E-state index in [2.05, 4.69) is 26.3 Å². The highest BCUT2D eigenvalue weighted by molar-refractivity contribution is 6.32. The second-order valence-electron chi connectivity index (χ2n) is 7.22. The molecule has 0 radical (unpaired) electrons. The molecule has 0 spiro atoms. The number of methoxy groups -OCH3 is 1. The predicted octanol–water partition coefficient (Wildman–Crippen LogP) is 3.04. The van der Waals surface area contributed by atoms with Crippen molar-refractivity contribution in [1.29, 1.82) is 0 Å². The predicted molar refractivity (Wildman–Crippen MR) is 111 cm³/mol. The summed E-state index contributed by atoms with van der Waals surface area (Å²) in [4.78, 5) is 11.0. The van der Waals surface area contributed by atoms with Crippen LogP contribution in [0.15, 0.2) is 18.3 Å². The van der Waals surface area contributed by atoms with Crippen molar-refractivity contribution in [2.75, 3.05) is 44.5 Å². The number of rotatable bonds is 4. The summed E-state index contributed by atoms with van der Waals surface area (Å²) in [5, 5.41) is 3.57. The molecule has 2 aromatic rings. The summed E-state index contributed by atoms with van der Waals surface area (Å²) in [6.07, 6.45) is 5.82. The number of halogens is 1. The Hall–Kier alpha value is -2.09. The molecule has 0 unspecified atom stereocenters. The van der Waals surface area contributed by atoms with E-state index in [1.165, 1.54) is 23.7 Å². The lowest BCUT2D eigenvalue weighted by molar-refractivity contribution is 0.0136. The molecule has 8 heteroatoms. The first-order valence-corrected chi connectivity index (χ1v) is 10.1. The summed E-state index contributed by atoms with van der Waals surface area (Å²) in [6.45, 7) is 3.73.